The Hall–Kier alpha value is -1.03. The number of ether oxygens (including phenoxy) is 1. The van der Waals surface area contributed by atoms with E-state index in [4.69, 9.17) is 27.9 Å². The minimum absolute atomic E-state index is 0. The van der Waals surface area contributed by atoms with Crippen LogP contribution in [0.4, 0.5) is 0 Å². The first-order valence-corrected chi connectivity index (χ1v) is 10.1. The summed E-state index contributed by atoms with van der Waals surface area (Å²) >= 11 is 12.2. The largest absolute Gasteiger partial charge is 0.383 e. The van der Waals surface area contributed by atoms with E-state index in [1.54, 1.807) is 20.2 Å². The maximum Gasteiger partial charge on any atom is 0.191 e. The van der Waals surface area contributed by atoms with Crippen molar-refractivity contribution in [1.29, 1.82) is 0 Å². The van der Waals surface area contributed by atoms with Crippen molar-refractivity contribution < 1.29 is 4.74 Å². The summed E-state index contributed by atoms with van der Waals surface area (Å²) in [6.07, 6.45) is 1.82. The highest BCUT2D eigenvalue weighted by Gasteiger charge is 2.11. The molecule has 2 rings (SSSR count). The number of hydrogen-bond donors (Lipinski definition) is 2. The molecular formula is C20H30Cl2IN5O. The van der Waals surface area contributed by atoms with Gasteiger partial charge in [0.1, 0.15) is 0 Å². The van der Waals surface area contributed by atoms with Gasteiger partial charge in [-0.15, -0.1) is 24.0 Å². The maximum atomic E-state index is 6.22. The van der Waals surface area contributed by atoms with E-state index in [9.17, 15) is 0 Å². The number of aryl methyl sites for hydroxylation is 2. The van der Waals surface area contributed by atoms with Gasteiger partial charge in [-0.3, -0.25) is 9.67 Å². The molecule has 9 heteroatoms. The number of benzene rings is 1. The standard InChI is InChI=1S/C20H29Cl2N5O.HI/c1-14-18(15(2)27(26-14)10-11-28-4)13-25-20(23-3)24-9-5-6-16-7-8-17(21)12-19(16)22;/h7-8,12H,5-6,9-11,13H2,1-4H3,(H2,23,24,25);1H. The fraction of sp³-hybridized carbons (Fsp3) is 0.500. The van der Waals surface area contributed by atoms with Crippen molar-refractivity contribution in [3.63, 3.8) is 0 Å². The molecule has 1 aromatic heterocycles. The van der Waals surface area contributed by atoms with Crippen LogP contribution in [0.2, 0.25) is 10.0 Å². The molecular weight excluding hydrogens is 524 g/mol. The second kappa shape index (κ2) is 13.3. The van der Waals surface area contributed by atoms with Gasteiger partial charge in [0, 0.05) is 48.5 Å². The first-order chi connectivity index (χ1) is 13.5. The van der Waals surface area contributed by atoms with Crippen LogP contribution in [-0.2, 0) is 24.2 Å². The monoisotopic (exact) mass is 553 g/mol. The summed E-state index contributed by atoms with van der Waals surface area (Å²) in [4.78, 5) is 4.30. The third kappa shape index (κ3) is 7.96. The summed E-state index contributed by atoms with van der Waals surface area (Å²) in [6.45, 7) is 6.98. The van der Waals surface area contributed by atoms with Crippen LogP contribution in [0.1, 0.15) is 28.9 Å². The molecule has 0 spiro atoms. The van der Waals surface area contributed by atoms with Gasteiger partial charge in [0.25, 0.3) is 0 Å². The molecule has 0 saturated carbocycles. The predicted molar refractivity (Wildman–Crippen MR) is 132 cm³/mol. The van der Waals surface area contributed by atoms with E-state index in [-0.39, 0.29) is 24.0 Å². The predicted octanol–water partition coefficient (Wildman–Crippen LogP) is 4.37. The van der Waals surface area contributed by atoms with Crippen molar-refractivity contribution in [1.82, 2.24) is 20.4 Å². The normalized spacial score (nSPS) is 11.3. The highest BCUT2D eigenvalue weighted by Crippen LogP contribution is 2.21. The summed E-state index contributed by atoms with van der Waals surface area (Å²) in [5, 5.41) is 12.7. The molecule has 2 aromatic rings. The van der Waals surface area contributed by atoms with Gasteiger partial charge in [-0.1, -0.05) is 29.3 Å². The zero-order valence-corrected chi connectivity index (χ0v) is 21.2. The molecule has 0 aliphatic carbocycles. The van der Waals surface area contributed by atoms with Gasteiger partial charge in [0.2, 0.25) is 0 Å². The van der Waals surface area contributed by atoms with Gasteiger partial charge in [0.05, 0.1) is 18.8 Å². The van der Waals surface area contributed by atoms with Crippen molar-refractivity contribution in [2.45, 2.75) is 39.8 Å². The van der Waals surface area contributed by atoms with E-state index in [1.807, 2.05) is 23.7 Å². The van der Waals surface area contributed by atoms with E-state index < -0.39 is 0 Å². The van der Waals surface area contributed by atoms with Crippen LogP contribution in [0.3, 0.4) is 0 Å². The summed E-state index contributed by atoms with van der Waals surface area (Å²) in [5.41, 5.74) is 4.46. The summed E-state index contributed by atoms with van der Waals surface area (Å²) < 4.78 is 7.13. The lowest BCUT2D eigenvalue weighted by molar-refractivity contribution is 0.182. The van der Waals surface area contributed by atoms with Crippen molar-refractivity contribution in [2.75, 3.05) is 27.3 Å². The molecule has 0 amide bonds. The number of rotatable bonds is 9. The van der Waals surface area contributed by atoms with E-state index in [2.05, 4.69) is 27.6 Å². The fourth-order valence-electron chi connectivity index (χ4n) is 2.99. The molecule has 162 valence electrons. The average molecular weight is 554 g/mol. The van der Waals surface area contributed by atoms with Crippen LogP contribution < -0.4 is 10.6 Å². The Balaban J connectivity index is 0.00000420. The summed E-state index contributed by atoms with van der Waals surface area (Å²) in [5.74, 6) is 0.769. The molecule has 0 fully saturated rings. The van der Waals surface area contributed by atoms with Gasteiger partial charge >= 0.3 is 0 Å². The van der Waals surface area contributed by atoms with E-state index in [0.717, 1.165) is 48.8 Å². The Kier molecular flexibility index (Phi) is 11.9. The van der Waals surface area contributed by atoms with Crippen LogP contribution in [0.15, 0.2) is 23.2 Å². The molecule has 0 unspecified atom stereocenters. The third-order valence-corrected chi connectivity index (χ3v) is 5.21. The quantitative estimate of drug-likeness (QED) is 0.209. The van der Waals surface area contributed by atoms with Crippen molar-refractivity contribution >= 4 is 53.1 Å². The highest BCUT2D eigenvalue weighted by atomic mass is 127. The van der Waals surface area contributed by atoms with Crippen LogP contribution >= 0.6 is 47.2 Å². The molecule has 1 heterocycles. The topological polar surface area (TPSA) is 63.5 Å². The lowest BCUT2D eigenvalue weighted by Gasteiger charge is -2.12. The second-order valence-electron chi connectivity index (χ2n) is 6.56. The van der Waals surface area contributed by atoms with Gasteiger partial charge in [0.15, 0.2) is 5.96 Å². The first kappa shape index (κ1) is 26.0. The third-order valence-electron chi connectivity index (χ3n) is 4.63. The van der Waals surface area contributed by atoms with Gasteiger partial charge < -0.3 is 15.4 Å². The first-order valence-electron chi connectivity index (χ1n) is 9.36. The molecule has 2 N–H and O–H groups in total. The van der Waals surface area contributed by atoms with Gasteiger partial charge in [-0.2, -0.15) is 5.10 Å². The molecule has 0 atom stereocenters. The number of aliphatic imine (C=N–C) groups is 1. The number of nitrogens with one attached hydrogen (secondary N) is 2. The van der Waals surface area contributed by atoms with Crippen molar-refractivity contribution in [3.8, 4) is 0 Å². The average Bonchev–Trinajstić information content (AvgIpc) is 2.94. The molecule has 1 aromatic carbocycles. The van der Waals surface area contributed by atoms with Crippen molar-refractivity contribution in [3.05, 3.63) is 50.8 Å². The molecule has 0 bridgehead atoms. The zero-order valence-electron chi connectivity index (χ0n) is 17.4. The van der Waals surface area contributed by atoms with Crippen LogP contribution in [0.5, 0.6) is 0 Å². The van der Waals surface area contributed by atoms with Crippen LogP contribution in [-0.4, -0.2) is 43.0 Å². The van der Waals surface area contributed by atoms with E-state index in [0.29, 0.717) is 23.2 Å². The number of halogens is 3. The minimum atomic E-state index is 0. The van der Waals surface area contributed by atoms with Crippen molar-refractivity contribution in [2.24, 2.45) is 4.99 Å². The number of methoxy groups -OCH3 is 1. The molecule has 6 nitrogen and oxygen atoms in total. The van der Waals surface area contributed by atoms with Crippen LogP contribution in [0.25, 0.3) is 0 Å². The minimum Gasteiger partial charge on any atom is -0.383 e. The van der Waals surface area contributed by atoms with E-state index >= 15 is 0 Å². The van der Waals surface area contributed by atoms with E-state index in [1.165, 1.54) is 5.56 Å². The summed E-state index contributed by atoms with van der Waals surface area (Å²) in [7, 11) is 3.47. The Morgan fingerprint density at radius 3 is 2.66 bits per heavy atom. The Morgan fingerprint density at radius 1 is 1.24 bits per heavy atom. The molecule has 0 aliphatic rings. The SMILES string of the molecule is CN=C(NCCCc1ccc(Cl)cc1Cl)NCc1c(C)nn(CCOC)c1C.I. The Morgan fingerprint density at radius 2 is 2.00 bits per heavy atom. The Labute approximate surface area is 200 Å². The molecule has 29 heavy (non-hydrogen) atoms. The van der Waals surface area contributed by atoms with Gasteiger partial charge in [-0.05, 0) is 44.4 Å². The number of hydrogen-bond acceptors (Lipinski definition) is 3. The summed E-state index contributed by atoms with van der Waals surface area (Å²) in [6, 6.07) is 5.63. The van der Waals surface area contributed by atoms with Gasteiger partial charge in [-0.25, -0.2) is 0 Å². The number of aromatic nitrogens is 2. The highest BCUT2D eigenvalue weighted by molar-refractivity contribution is 14.0. The molecule has 0 saturated heterocycles. The Bertz CT molecular complexity index is 810. The molecule has 0 radical (unpaired) electrons. The number of guanidine groups is 1. The molecule has 0 aliphatic heterocycles. The van der Waals surface area contributed by atoms with Crippen LogP contribution in [0, 0.1) is 13.8 Å². The zero-order chi connectivity index (χ0) is 20.5. The lowest BCUT2D eigenvalue weighted by atomic mass is 10.1. The fourth-order valence-corrected chi connectivity index (χ4v) is 3.49. The smallest absolute Gasteiger partial charge is 0.191 e. The second-order valence-corrected chi connectivity index (χ2v) is 7.40. The lowest BCUT2D eigenvalue weighted by Crippen LogP contribution is -2.37. The number of nitrogens with zero attached hydrogens (tertiary/aromatic N) is 3. The maximum absolute atomic E-state index is 6.22.